The fraction of sp³-hybridized carbons (Fsp3) is 0.533. The highest BCUT2D eigenvalue weighted by molar-refractivity contribution is 5.74. The van der Waals surface area contributed by atoms with E-state index in [4.69, 9.17) is 14.9 Å². The number of nitrogens with zero attached hydrogens (tertiary/aromatic N) is 1. The van der Waals surface area contributed by atoms with Gasteiger partial charge >= 0.3 is 0 Å². The molecule has 19 heavy (non-hydrogen) atoms. The molecule has 0 amide bonds. The zero-order chi connectivity index (χ0) is 13.5. The minimum atomic E-state index is -0.413. The van der Waals surface area contributed by atoms with Crippen molar-refractivity contribution in [1.29, 1.82) is 0 Å². The van der Waals surface area contributed by atoms with Crippen molar-refractivity contribution in [1.82, 2.24) is 4.98 Å². The molecule has 102 valence electrons. The molecule has 0 bridgehead atoms. The fourth-order valence-corrected chi connectivity index (χ4v) is 3.03. The normalized spacial score (nSPS) is 27.6. The summed E-state index contributed by atoms with van der Waals surface area (Å²) >= 11 is 0. The molecule has 2 aromatic rings. The Hall–Kier alpha value is -1.55. The minimum absolute atomic E-state index is 0.413. The van der Waals surface area contributed by atoms with Crippen LogP contribution in [-0.4, -0.2) is 12.1 Å². The lowest BCUT2D eigenvalue weighted by Crippen LogP contribution is -2.41. The van der Waals surface area contributed by atoms with E-state index in [2.05, 4.69) is 11.9 Å². The molecule has 0 aliphatic heterocycles. The molecule has 1 fully saturated rings. The molecule has 1 aromatic heterocycles. The number of benzene rings is 1. The van der Waals surface area contributed by atoms with Gasteiger partial charge in [-0.1, -0.05) is 19.8 Å². The number of ether oxygens (including phenoxy) is 1. The lowest BCUT2D eigenvalue weighted by atomic mass is 9.77. The fourth-order valence-electron chi connectivity index (χ4n) is 3.03. The van der Waals surface area contributed by atoms with Crippen LogP contribution < -0.4 is 10.5 Å². The summed E-state index contributed by atoms with van der Waals surface area (Å²) in [5.41, 5.74) is 7.70. The van der Waals surface area contributed by atoms with Crippen LogP contribution >= 0.6 is 0 Å². The molecule has 3 rings (SSSR count). The zero-order valence-electron chi connectivity index (χ0n) is 11.5. The van der Waals surface area contributed by atoms with Crippen LogP contribution in [-0.2, 0) is 5.54 Å². The van der Waals surface area contributed by atoms with Gasteiger partial charge in [-0.25, -0.2) is 4.98 Å². The first kappa shape index (κ1) is 12.5. The van der Waals surface area contributed by atoms with E-state index in [1.165, 1.54) is 6.42 Å². The van der Waals surface area contributed by atoms with Crippen molar-refractivity contribution in [2.45, 2.75) is 38.1 Å². The van der Waals surface area contributed by atoms with Crippen LogP contribution in [0.4, 0.5) is 0 Å². The second kappa shape index (κ2) is 4.53. The molecule has 2 unspecified atom stereocenters. The summed E-state index contributed by atoms with van der Waals surface area (Å²) in [4.78, 5) is 4.58. The summed E-state index contributed by atoms with van der Waals surface area (Å²) in [5, 5.41) is 0. The average molecular weight is 260 g/mol. The molecule has 2 N–H and O–H groups in total. The van der Waals surface area contributed by atoms with Gasteiger partial charge in [-0.05, 0) is 30.9 Å². The van der Waals surface area contributed by atoms with Gasteiger partial charge < -0.3 is 14.9 Å². The first-order chi connectivity index (χ1) is 9.10. The summed E-state index contributed by atoms with van der Waals surface area (Å²) in [6.45, 7) is 2.24. The number of oxazole rings is 1. The molecule has 4 nitrogen and oxygen atoms in total. The third kappa shape index (κ3) is 2.21. The molecule has 0 saturated heterocycles. The number of rotatable bonds is 2. The SMILES string of the molecule is COc1ccc2oc(C3(N)CCCC(C)C3)nc2c1. The van der Waals surface area contributed by atoms with Gasteiger partial charge in [0.05, 0.1) is 12.6 Å². The van der Waals surface area contributed by atoms with Gasteiger partial charge in [-0.2, -0.15) is 0 Å². The lowest BCUT2D eigenvalue weighted by molar-refractivity contribution is 0.201. The Labute approximate surface area is 112 Å². The predicted molar refractivity (Wildman–Crippen MR) is 74.1 cm³/mol. The summed E-state index contributed by atoms with van der Waals surface area (Å²) < 4.78 is 11.1. The average Bonchev–Trinajstić information content (AvgIpc) is 2.81. The van der Waals surface area contributed by atoms with Crippen LogP contribution in [0.1, 0.15) is 38.5 Å². The number of hydrogen-bond donors (Lipinski definition) is 1. The van der Waals surface area contributed by atoms with E-state index in [-0.39, 0.29) is 0 Å². The maximum atomic E-state index is 6.52. The number of aromatic nitrogens is 1. The van der Waals surface area contributed by atoms with E-state index >= 15 is 0 Å². The second-order valence-corrected chi connectivity index (χ2v) is 5.71. The summed E-state index contributed by atoms with van der Waals surface area (Å²) in [6, 6.07) is 5.65. The van der Waals surface area contributed by atoms with E-state index in [0.717, 1.165) is 36.1 Å². The quantitative estimate of drug-likeness (QED) is 0.900. The van der Waals surface area contributed by atoms with Crippen molar-refractivity contribution in [3.63, 3.8) is 0 Å². The molecule has 1 saturated carbocycles. The third-order valence-electron chi connectivity index (χ3n) is 4.05. The maximum Gasteiger partial charge on any atom is 0.215 e. The Morgan fingerprint density at radius 1 is 1.47 bits per heavy atom. The second-order valence-electron chi connectivity index (χ2n) is 5.71. The van der Waals surface area contributed by atoms with E-state index in [1.807, 2.05) is 18.2 Å². The van der Waals surface area contributed by atoms with Crippen LogP contribution in [0, 0.1) is 5.92 Å². The van der Waals surface area contributed by atoms with E-state index in [1.54, 1.807) is 7.11 Å². The Morgan fingerprint density at radius 2 is 2.32 bits per heavy atom. The molecule has 1 aliphatic rings. The van der Waals surface area contributed by atoms with Crippen molar-refractivity contribution in [2.75, 3.05) is 7.11 Å². The highest BCUT2D eigenvalue weighted by atomic mass is 16.5. The van der Waals surface area contributed by atoms with Crippen molar-refractivity contribution in [3.8, 4) is 5.75 Å². The van der Waals surface area contributed by atoms with Crippen LogP contribution in [0.25, 0.3) is 11.1 Å². The predicted octanol–water partition coefficient (Wildman–Crippen LogP) is 3.20. The van der Waals surface area contributed by atoms with Crippen LogP contribution in [0.2, 0.25) is 0 Å². The van der Waals surface area contributed by atoms with Gasteiger partial charge in [0.2, 0.25) is 5.89 Å². The van der Waals surface area contributed by atoms with Gasteiger partial charge in [0.1, 0.15) is 11.3 Å². The topological polar surface area (TPSA) is 61.3 Å². The number of methoxy groups -OCH3 is 1. The Bertz CT molecular complexity index is 593. The lowest BCUT2D eigenvalue weighted by Gasteiger charge is -2.33. The standard InChI is InChI=1S/C15H20N2O2/c1-10-4-3-7-15(16,9-10)14-17-12-8-11(18-2)5-6-13(12)19-14/h5-6,8,10H,3-4,7,9,16H2,1-2H3. The monoisotopic (exact) mass is 260 g/mol. The van der Waals surface area contributed by atoms with Gasteiger partial charge in [0, 0.05) is 6.07 Å². The first-order valence-electron chi connectivity index (χ1n) is 6.85. The number of hydrogen-bond acceptors (Lipinski definition) is 4. The van der Waals surface area contributed by atoms with Gasteiger partial charge in [0.15, 0.2) is 5.58 Å². The number of nitrogens with two attached hydrogens (primary N) is 1. The highest BCUT2D eigenvalue weighted by Gasteiger charge is 2.37. The van der Waals surface area contributed by atoms with E-state index < -0.39 is 5.54 Å². The van der Waals surface area contributed by atoms with E-state index in [9.17, 15) is 0 Å². The van der Waals surface area contributed by atoms with Crippen LogP contribution in [0.3, 0.4) is 0 Å². The summed E-state index contributed by atoms with van der Waals surface area (Å²) in [6.07, 6.45) is 4.27. The molecule has 0 radical (unpaired) electrons. The Kier molecular flexibility index (Phi) is 2.97. The van der Waals surface area contributed by atoms with Gasteiger partial charge in [-0.15, -0.1) is 0 Å². The van der Waals surface area contributed by atoms with Crippen molar-refractivity contribution < 1.29 is 9.15 Å². The van der Waals surface area contributed by atoms with Crippen LogP contribution in [0.5, 0.6) is 5.75 Å². The molecule has 4 heteroatoms. The zero-order valence-corrected chi connectivity index (χ0v) is 11.5. The molecule has 1 aromatic carbocycles. The molecule has 2 atom stereocenters. The van der Waals surface area contributed by atoms with E-state index in [0.29, 0.717) is 11.8 Å². The smallest absolute Gasteiger partial charge is 0.215 e. The largest absolute Gasteiger partial charge is 0.497 e. The molecule has 1 aliphatic carbocycles. The van der Waals surface area contributed by atoms with Gasteiger partial charge in [0.25, 0.3) is 0 Å². The van der Waals surface area contributed by atoms with Crippen molar-refractivity contribution >= 4 is 11.1 Å². The van der Waals surface area contributed by atoms with Gasteiger partial charge in [-0.3, -0.25) is 0 Å². The molecule has 0 spiro atoms. The maximum absolute atomic E-state index is 6.52. The third-order valence-corrected chi connectivity index (χ3v) is 4.05. The molecule has 1 heterocycles. The first-order valence-corrected chi connectivity index (χ1v) is 6.85. The molecular weight excluding hydrogens is 240 g/mol. The summed E-state index contributed by atoms with van der Waals surface area (Å²) in [7, 11) is 1.65. The molecular formula is C15H20N2O2. The highest BCUT2D eigenvalue weighted by Crippen LogP contribution is 2.38. The number of fused-ring (bicyclic) bond motifs is 1. The van der Waals surface area contributed by atoms with Crippen LogP contribution in [0.15, 0.2) is 22.6 Å². The Morgan fingerprint density at radius 3 is 3.05 bits per heavy atom. The summed E-state index contributed by atoms with van der Waals surface area (Å²) in [5.74, 6) is 2.08. The Balaban J connectivity index is 2.00. The van der Waals surface area contributed by atoms with Crippen molar-refractivity contribution in [2.24, 2.45) is 11.7 Å². The van der Waals surface area contributed by atoms with Crippen molar-refractivity contribution in [3.05, 3.63) is 24.1 Å². The minimum Gasteiger partial charge on any atom is -0.497 e.